The summed E-state index contributed by atoms with van der Waals surface area (Å²) in [6, 6.07) is 1.85. The molecule has 0 saturated carbocycles. The highest BCUT2D eigenvalue weighted by molar-refractivity contribution is 6.29. The minimum Gasteiger partial charge on any atom is -0.395 e. The van der Waals surface area contributed by atoms with Gasteiger partial charge in [-0.15, -0.1) is 15.3 Å². The Kier molecular flexibility index (Phi) is 8.06. The van der Waals surface area contributed by atoms with Crippen LogP contribution in [0.5, 0.6) is 0 Å². The maximum Gasteiger partial charge on any atom is 0.219 e. The first-order valence-corrected chi connectivity index (χ1v) is 7.37. The van der Waals surface area contributed by atoms with Gasteiger partial charge in [0.2, 0.25) is 5.82 Å². The minimum atomic E-state index is 0.0187. The van der Waals surface area contributed by atoms with Crippen LogP contribution in [-0.2, 0) is 0 Å². The lowest BCUT2D eigenvalue weighted by atomic mass is 10.1. The lowest BCUT2D eigenvalue weighted by molar-refractivity contribution is 0.311. The molecule has 1 aromatic heterocycles. The summed E-state index contributed by atoms with van der Waals surface area (Å²) in [4.78, 5) is 0. The first-order chi connectivity index (χ1) is 9.71. The van der Waals surface area contributed by atoms with Gasteiger partial charge in [0.1, 0.15) is 0 Å². The van der Waals surface area contributed by atoms with Crippen LogP contribution in [0.25, 0.3) is 0 Å². The molecule has 0 bridgehead atoms. The van der Waals surface area contributed by atoms with E-state index in [4.69, 9.17) is 16.7 Å². The molecule has 0 saturated heterocycles. The molecule has 0 aliphatic carbocycles. The van der Waals surface area contributed by atoms with E-state index in [9.17, 15) is 0 Å². The number of nitrogens with zero attached hydrogens (tertiary/aromatic N) is 4. The lowest BCUT2D eigenvalue weighted by Crippen LogP contribution is -2.07. The summed E-state index contributed by atoms with van der Waals surface area (Å²) in [5, 5.41) is 28.4. The van der Waals surface area contributed by atoms with Crippen LogP contribution in [0.4, 0.5) is 11.5 Å². The molecular formula is C13H22ClN5O. The molecule has 20 heavy (non-hydrogen) atoms. The molecule has 0 aromatic carbocycles. The average Bonchev–Trinajstić information content (AvgIpc) is 2.44. The highest BCUT2D eigenvalue weighted by Gasteiger charge is 2.08. The molecule has 0 fully saturated rings. The second-order valence-corrected chi connectivity index (χ2v) is 4.89. The predicted molar refractivity (Wildman–Crippen MR) is 80.7 cm³/mol. The van der Waals surface area contributed by atoms with E-state index < -0.39 is 0 Å². The average molecular weight is 300 g/mol. The Morgan fingerprint density at radius 3 is 2.60 bits per heavy atom. The molecule has 0 amide bonds. The topological polar surface area (TPSA) is 82.8 Å². The van der Waals surface area contributed by atoms with Crippen molar-refractivity contribution in [2.75, 3.05) is 18.5 Å². The van der Waals surface area contributed by atoms with Crippen LogP contribution in [0, 0.1) is 0 Å². The Balaban J connectivity index is 2.82. The third kappa shape index (κ3) is 5.79. The highest BCUT2D eigenvalue weighted by atomic mass is 35.5. The number of hydrogen-bond donors (Lipinski definition) is 2. The Labute approximate surface area is 124 Å². The van der Waals surface area contributed by atoms with E-state index in [0.717, 1.165) is 25.7 Å². The number of nitrogens with one attached hydrogen (secondary N) is 1. The Morgan fingerprint density at radius 2 is 2.00 bits per heavy atom. The monoisotopic (exact) mass is 299 g/mol. The molecule has 2 N–H and O–H groups in total. The number of rotatable bonds is 9. The summed E-state index contributed by atoms with van der Waals surface area (Å²) >= 11 is 5.81. The van der Waals surface area contributed by atoms with Crippen molar-refractivity contribution in [3.8, 4) is 0 Å². The summed E-state index contributed by atoms with van der Waals surface area (Å²) in [5.41, 5.74) is 0.634. The van der Waals surface area contributed by atoms with Gasteiger partial charge in [0.05, 0.1) is 18.3 Å². The summed E-state index contributed by atoms with van der Waals surface area (Å²) < 4.78 is 0. The fourth-order valence-electron chi connectivity index (χ4n) is 1.82. The minimum absolute atomic E-state index is 0.0187. The van der Waals surface area contributed by atoms with Crippen molar-refractivity contribution in [3.63, 3.8) is 0 Å². The molecule has 1 aromatic rings. The van der Waals surface area contributed by atoms with Gasteiger partial charge in [-0.25, -0.2) is 0 Å². The van der Waals surface area contributed by atoms with Gasteiger partial charge in [-0.2, -0.15) is 5.11 Å². The zero-order valence-corrected chi connectivity index (χ0v) is 12.8. The van der Waals surface area contributed by atoms with Crippen molar-refractivity contribution >= 4 is 23.1 Å². The first-order valence-electron chi connectivity index (χ1n) is 7.00. The van der Waals surface area contributed by atoms with E-state index in [1.165, 1.54) is 0 Å². The number of anilines is 1. The Hall–Kier alpha value is -1.27. The normalized spacial score (nSPS) is 11.4. The largest absolute Gasteiger partial charge is 0.395 e. The summed E-state index contributed by atoms with van der Waals surface area (Å²) in [6.07, 6.45) is 4.17. The zero-order chi connectivity index (χ0) is 14.8. The molecule has 0 spiro atoms. The van der Waals surface area contributed by atoms with E-state index in [0.29, 0.717) is 18.1 Å². The van der Waals surface area contributed by atoms with Crippen molar-refractivity contribution in [1.29, 1.82) is 0 Å². The lowest BCUT2D eigenvalue weighted by Gasteiger charge is -2.09. The summed E-state index contributed by atoms with van der Waals surface area (Å²) in [5.74, 6) is 0.403. The van der Waals surface area contributed by atoms with Crippen LogP contribution < -0.4 is 5.32 Å². The van der Waals surface area contributed by atoms with E-state index in [1.807, 2.05) is 0 Å². The fraction of sp³-hybridized carbons (Fsp3) is 0.692. The first kappa shape index (κ1) is 16.8. The molecule has 112 valence electrons. The predicted octanol–water partition coefficient (Wildman–Crippen LogP) is 3.59. The van der Waals surface area contributed by atoms with E-state index in [-0.39, 0.29) is 17.8 Å². The molecule has 7 heteroatoms. The van der Waals surface area contributed by atoms with Crippen LogP contribution in [0.3, 0.4) is 0 Å². The standard InChI is InChI=1S/C13H22ClN5O/c1-3-5-10(6-4-2)16-18-13-11(15-7-8-20)9-12(14)17-19-13/h9-10,20H,3-8H2,1-2H3,(H,15,17). The van der Waals surface area contributed by atoms with Crippen LogP contribution in [-0.4, -0.2) is 34.5 Å². The van der Waals surface area contributed by atoms with Gasteiger partial charge in [-0.05, 0) is 12.8 Å². The van der Waals surface area contributed by atoms with Gasteiger partial charge in [0.15, 0.2) is 5.15 Å². The highest BCUT2D eigenvalue weighted by Crippen LogP contribution is 2.25. The third-order valence-corrected chi connectivity index (χ3v) is 2.92. The van der Waals surface area contributed by atoms with Gasteiger partial charge >= 0.3 is 0 Å². The number of aromatic nitrogens is 2. The van der Waals surface area contributed by atoms with E-state index in [2.05, 4.69) is 39.6 Å². The van der Waals surface area contributed by atoms with Gasteiger partial charge in [0.25, 0.3) is 0 Å². The number of hydrogen-bond acceptors (Lipinski definition) is 6. The second kappa shape index (κ2) is 9.61. The van der Waals surface area contributed by atoms with Crippen molar-refractivity contribution in [2.45, 2.75) is 45.6 Å². The van der Waals surface area contributed by atoms with E-state index >= 15 is 0 Å². The molecule has 1 heterocycles. The Morgan fingerprint density at radius 1 is 1.30 bits per heavy atom. The quantitative estimate of drug-likeness (QED) is 0.683. The van der Waals surface area contributed by atoms with Crippen molar-refractivity contribution in [1.82, 2.24) is 10.2 Å². The van der Waals surface area contributed by atoms with E-state index in [1.54, 1.807) is 6.07 Å². The van der Waals surface area contributed by atoms with Crippen LogP contribution in [0.1, 0.15) is 39.5 Å². The van der Waals surface area contributed by atoms with Gasteiger partial charge < -0.3 is 10.4 Å². The van der Waals surface area contributed by atoms with Crippen molar-refractivity contribution < 1.29 is 5.11 Å². The van der Waals surface area contributed by atoms with Crippen LogP contribution in [0.15, 0.2) is 16.3 Å². The smallest absolute Gasteiger partial charge is 0.219 e. The SMILES string of the molecule is CCCC(CCC)N=Nc1nnc(Cl)cc1NCCO. The molecule has 0 aliphatic heterocycles. The molecule has 0 unspecified atom stereocenters. The maximum atomic E-state index is 8.86. The molecule has 1 rings (SSSR count). The number of aliphatic hydroxyl groups is 1. The fourth-order valence-corrected chi connectivity index (χ4v) is 1.97. The van der Waals surface area contributed by atoms with Crippen molar-refractivity contribution in [3.05, 3.63) is 11.2 Å². The van der Waals surface area contributed by atoms with Crippen LogP contribution in [0.2, 0.25) is 5.15 Å². The second-order valence-electron chi connectivity index (χ2n) is 4.50. The number of halogens is 1. The van der Waals surface area contributed by atoms with Gasteiger partial charge in [-0.1, -0.05) is 38.3 Å². The molecule has 6 nitrogen and oxygen atoms in total. The summed E-state index contributed by atoms with van der Waals surface area (Å²) in [6.45, 7) is 4.69. The number of aliphatic hydroxyl groups excluding tert-OH is 1. The number of azo groups is 1. The molecule has 0 radical (unpaired) electrons. The molecular weight excluding hydrogens is 278 g/mol. The molecule has 0 atom stereocenters. The molecule has 0 aliphatic rings. The summed E-state index contributed by atoms with van der Waals surface area (Å²) in [7, 11) is 0. The van der Waals surface area contributed by atoms with Gasteiger partial charge in [0, 0.05) is 12.6 Å². The van der Waals surface area contributed by atoms with Gasteiger partial charge in [-0.3, -0.25) is 0 Å². The van der Waals surface area contributed by atoms with Crippen LogP contribution >= 0.6 is 11.6 Å². The van der Waals surface area contributed by atoms with Crippen molar-refractivity contribution in [2.24, 2.45) is 10.2 Å². The maximum absolute atomic E-state index is 8.86. The zero-order valence-electron chi connectivity index (χ0n) is 12.0. The third-order valence-electron chi connectivity index (χ3n) is 2.73. The Bertz CT molecular complexity index is 421.